The minimum atomic E-state index is -1.20. The van der Waals surface area contributed by atoms with Gasteiger partial charge in [0.15, 0.2) is 11.6 Å². The smallest absolute Gasteiger partial charge is 0.326 e. The highest BCUT2D eigenvalue weighted by molar-refractivity contribution is 5.96. The average molecular weight is 333 g/mol. The van der Waals surface area contributed by atoms with Crippen molar-refractivity contribution in [3.8, 4) is 0 Å². The molecule has 0 spiro atoms. The second-order valence-electron chi connectivity index (χ2n) is 5.62. The van der Waals surface area contributed by atoms with Crippen LogP contribution in [0.5, 0.6) is 0 Å². The van der Waals surface area contributed by atoms with Crippen LogP contribution in [0.15, 0.2) is 36.4 Å². The van der Waals surface area contributed by atoms with Crippen molar-refractivity contribution in [3.05, 3.63) is 70.3 Å². The number of hydrogen-bond acceptors (Lipinski definition) is 2. The molecule has 0 aliphatic heterocycles. The number of halogens is 2. The number of carbonyl (C=O) groups excluding carboxylic acids is 1. The molecule has 2 rings (SSSR count). The molecule has 4 nitrogen and oxygen atoms in total. The van der Waals surface area contributed by atoms with Gasteiger partial charge in [-0.1, -0.05) is 18.2 Å². The van der Waals surface area contributed by atoms with E-state index in [1.807, 2.05) is 26.0 Å². The van der Waals surface area contributed by atoms with Crippen molar-refractivity contribution in [1.82, 2.24) is 5.32 Å². The normalized spacial score (nSPS) is 11.8. The molecule has 0 aromatic heterocycles. The van der Waals surface area contributed by atoms with E-state index >= 15 is 0 Å². The number of carboxylic acid groups (broad SMARTS) is 1. The zero-order valence-electron chi connectivity index (χ0n) is 13.3. The summed E-state index contributed by atoms with van der Waals surface area (Å²) >= 11 is 0. The standard InChI is InChI=1S/C18H17F2NO3/c1-10-3-4-12(7-11(10)2)8-16(18(23)24)21-17(22)13-5-6-14(19)15(20)9-13/h3-7,9,16H,8H2,1-2H3,(H,21,22)(H,23,24)/t16-/m0/s1. The summed E-state index contributed by atoms with van der Waals surface area (Å²) in [7, 11) is 0. The van der Waals surface area contributed by atoms with Crippen molar-refractivity contribution in [1.29, 1.82) is 0 Å². The summed E-state index contributed by atoms with van der Waals surface area (Å²) < 4.78 is 26.1. The maximum Gasteiger partial charge on any atom is 0.326 e. The second kappa shape index (κ2) is 7.21. The largest absolute Gasteiger partial charge is 0.480 e. The number of rotatable bonds is 5. The fourth-order valence-electron chi connectivity index (χ4n) is 2.25. The van der Waals surface area contributed by atoms with Crippen LogP contribution in [0.25, 0.3) is 0 Å². The van der Waals surface area contributed by atoms with E-state index in [2.05, 4.69) is 5.32 Å². The van der Waals surface area contributed by atoms with E-state index in [1.54, 1.807) is 6.07 Å². The van der Waals surface area contributed by atoms with E-state index in [9.17, 15) is 23.5 Å². The molecule has 0 bridgehead atoms. The number of carbonyl (C=O) groups is 2. The van der Waals surface area contributed by atoms with Crippen LogP contribution in [0.2, 0.25) is 0 Å². The van der Waals surface area contributed by atoms with Crippen molar-refractivity contribution in [3.63, 3.8) is 0 Å². The topological polar surface area (TPSA) is 66.4 Å². The van der Waals surface area contributed by atoms with Crippen LogP contribution >= 0.6 is 0 Å². The van der Waals surface area contributed by atoms with Crippen LogP contribution in [0.4, 0.5) is 8.78 Å². The van der Waals surface area contributed by atoms with Crippen LogP contribution in [-0.4, -0.2) is 23.0 Å². The summed E-state index contributed by atoms with van der Waals surface area (Å²) in [6, 6.07) is 7.01. The number of nitrogens with one attached hydrogen (secondary N) is 1. The number of aliphatic carboxylic acids is 1. The van der Waals surface area contributed by atoms with E-state index < -0.39 is 29.6 Å². The summed E-state index contributed by atoms with van der Waals surface area (Å²) in [5.41, 5.74) is 2.72. The fraction of sp³-hybridized carbons (Fsp3) is 0.222. The maximum atomic E-state index is 13.2. The third-order valence-corrected chi connectivity index (χ3v) is 3.80. The van der Waals surface area contributed by atoms with E-state index in [4.69, 9.17) is 0 Å². The molecule has 0 saturated heterocycles. The molecule has 126 valence electrons. The SMILES string of the molecule is Cc1ccc(C[C@H](NC(=O)c2ccc(F)c(F)c2)C(=O)O)cc1C. The van der Waals surface area contributed by atoms with Gasteiger partial charge in [-0.2, -0.15) is 0 Å². The molecular weight excluding hydrogens is 316 g/mol. The fourth-order valence-corrected chi connectivity index (χ4v) is 2.25. The summed E-state index contributed by atoms with van der Waals surface area (Å²) in [6.45, 7) is 3.85. The van der Waals surface area contributed by atoms with Crippen LogP contribution in [0.1, 0.15) is 27.0 Å². The maximum absolute atomic E-state index is 13.2. The monoisotopic (exact) mass is 333 g/mol. The third kappa shape index (κ3) is 4.16. The van der Waals surface area contributed by atoms with Gasteiger partial charge in [0, 0.05) is 12.0 Å². The van der Waals surface area contributed by atoms with Gasteiger partial charge in [0.1, 0.15) is 6.04 Å². The molecule has 24 heavy (non-hydrogen) atoms. The van der Waals surface area contributed by atoms with Crippen molar-refractivity contribution in [2.24, 2.45) is 0 Å². The van der Waals surface area contributed by atoms with E-state index in [-0.39, 0.29) is 12.0 Å². The van der Waals surface area contributed by atoms with Crippen molar-refractivity contribution in [2.45, 2.75) is 26.3 Å². The molecule has 6 heteroatoms. The first-order valence-electron chi connectivity index (χ1n) is 7.33. The first kappa shape index (κ1) is 17.6. The molecular formula is C18H17F2NO3. The predicted molar refractivity (Wildman–Crippen MR) is 84.9 cm³/mol. The van der Waals surface area contributed by atoms with Crippen molar-refractivity contribution in [2.75, 3.05) is 0 Å². The van der Waals surface area contributed by atoms with Gasteiger partial charge in [-0.3, -0.25) is 4.79 Å². The molecule has 0 saturated carbocycles. The van der Waals surface area contributed by atoms with Crippen LogP contribution in [-0.2, 0) is 11.2 Å². The van der Waals surface area contributed by atoms with Crippen molar-refractivity contribution >= 4 is 11.9 Å². The lowest BCUT2D eigenvalue weighted by Crippen LogP contribution is -2.42. The van der Waals surface area contributed by atoms with Gasteiger partial charge in [-0.05, 0) is 48.7 Å². The Hall–Kier alpha value is -2.76. The van der Waals surface area contributed by atoms with E-state index in [0.29, 0.717) is 0 Å². The second-order valence-corrected chi connectivity index (χ2v) is 5.62. The summed E-state index contributed by atoms with van der Waals surface area (Å²) in [5, 5.41) is 11.6. The predicted octanol–water partition coefficient (Wildman–Crippen LogP) is 3.01. The lowest BCUT2D eigenvalue weighted by atomic mass is 10.0. The Morgan fingerprint density at radius 3 is 2.33 bits per heavy atom. The Morgan fingerprint density at radius 2 is 1.75 bits per heavy atom. The lowest BCUT2D eigenvalue weighted by Gasteiger charge is -2.15. The van der Waals surface area contributed by atoms with Crippen molar-refractivity contribution < 1.29 is 23.5 Å². The number of benzene rings is 2. The molecule has 2 aromatic rings. The third-order valence-electron chi connectivity index (χ3n) is 3.80. The Kier molecular flexibility index (Phi) is 5.28. The Morgan fingerprint density at radius 1 is 1.04 bits per heavy atom. The van der Waals surface area contributed by atoms with Crippen LogP contribution < -0.4 is 5.32 Å². The van der Waals surface area contributed by atoms with Gasteiger partial charge in [0.25, 0.3) is 5.91 Å². The molecule has 1 amide bonds. The molecule has 2 aromatic carbocycles. The molecule has 0 radical (unpaired) electrons. The van der Waals surface area contributed by atoms with E-state index in [0.717, 1.165) is 34.9 Å². The van der Waals surface area contributed by atoms with Gasteiger partial charge in [-0.25, -0.2) is 13.6 Å². The molecule has 0 aliphatic rings. The Balaban J connectivity index is 2.15. The minimum Gasteiger partial charge on any atom is -0.480 e. The van der Waals surface area contributed by atoms with Crippen LogP contribution in [0, 0.1) is 25.5 Å². The van der Waals surface area contributed by atoms with Gasteiger partial charge in [0.2, 0.25) is 0 Å². The summed E-state index contributed by atoms with van der Waals surface area (Å²) in [6.07, 6.45) is 0.0892. The number of carboxylic acids is 1. The van der Waals surface area contributed by atoms with Gasteiger partial charge in [0.05, 0.1) is 0 Å². The highest BCUT2D eigenvalue weighted by Crippen LogP contribution is 2.13. The first-order valence-corrected chi connectivity index (χ1v) is 7.33. The molecule has 0 heterocycles. The molecule has 2 N–H and O–H groups in total. The minimum absolute atomic E-state index is 0.0892. The number of hydrogen-bond donors (Lipinski definition) is 2. The lowest BCUT2D eigenvalue weighted by molar-refractivity contribution is -0.139. The zero-order valence-corrected chi connectivity index (χ0v) is 13.3. The molecule has 0 aliphatic carbocycles. The zero-order chi connectivity index (χ0) is 17.9. The molecule has 1 atom stereocenters. The summed E-state index contributed by atoms with van der Waals surface area (Å²) in [4.78, 5) is 23.5. The van der Waals surface area contributed by atoms with Gasteiger partial charge in [-0.15, -0.1) is 0 Å². The number of amides is 1. The number of aryl methyl sites for hydroxylation is 2. The molecule has 0 unspecified atom stereocenters. The van der Waals surface area contributed by atoms with Gasteiger partial charge >= 0.3 is 5.97 Å². The van der Waals surface area contributed by atoms with E-state index in [1.165, 1.54) is 0 Å². The van der Waals surface area contributed by atoms with Gasteiger partial charge < -0.3 is 10.4 Å². The quantitative estimate of drug-likeness (QED) is 0.884. The highest BCUT2D eigenvalue weighted by Gasteiger charge is 2.22. The van der Waals surface area contributed by atoms with Crippen LogP contribution in [0.3, 0.4) is 0 Å². The Labute approximate surface area is 138 Å². The average Bonchev–Trinajstić information content (AvgIpc) is 2.52. The highest BCUT2D eigenvalue weighted by atomic mass is 19.2. The molecule has 0 fully saturated rings. The summed E-state index contributed by atoms with van der Waals surface area (Å²) in [5.74, 6) is -4.21. The first-order chi connectivity index (χ1) is 11.3. The Bertz CT molecular complexity index is 790.